The molecule has 0 aliphatic carbocycles. The van der Waals surface area contributed by atoms with Gasteiger partial charge in [-0.2, -0.15) is 0 Å². The molecule has 0 unspecified atom stereocenters. The van der Waals surface area contributed by atoms with Crippen molar-refractivity contribution in [3.63, 3.8) is 0 Å². The number of anilines is 1. The Morgan fingerprint density at radius 2 is 2.07 bits per heavy atom. The van der Waals surface area contributed by atoms with E-state index in [1.807, 2.05) is 5.43 Å². The number of amides is 1. The number of nitrogens with zero attached hydrogens (tertiary/aromatic N) is 3. The first kappa shape index (κ1) is 8.30. The molecule has 2 aromatic rings. The molecule has 72 valence electrons. The van der Waals surface area contributed by atoms with Crippen LogP contribution < -0.4 is 10.9 Å². The summed E-state index contributed by atoms with van der Waals surface area (Å²) >= 11 is 0. The maximum Gasteiger partial charge on any atom is 0.423 e. The van der Waals surface area contributed by atoms with Crippen LogP contribution in [0.3, 0.4) is 0 Å². The van der Waals surface area contributed by atoms with Gasteiger partial charge in [0.1, 0.15) is 0 Å². The van der Waals surface area contributed by atoms with Crippen LogP contribution in [0.5, 0.6) is 0 Å². The van der Waals surface area contributed by atoms with Crippen molar-refractivity contribution in [2.75, 3.05) is 5.43 Å². The van der Waals surface area contributed by atoms with Gasteiger partial charge in [0.15, 0.2) is 11.5 Å². The summed E-state index contributed by atoms with van der Waals surface area (Å²) in [4.78, 5) is 18.2. The maximum absolute atomic E-state index is 10.2. The quantitative estimate of drug-likeness (QED) is 0.597. The molecule has 0 saturated carbocycles. The lowest BCUT2D eigenvalue weighted by atomic mass is 10.6. The monoisotopic (exact) mass is 193 g/mol. The van der Waals surface area contributed by atoms with Crippen LogP contribution in [0.2, 0.25) is 0 Å². The van der Waals surface area contributed by atoms with Gasteiger partial charge in [0.2, 0.25) is 0 Å². The van der Waals surface area contributed by atoms with Crippen LogP contribution in [-0.2, 0) is 0 Å². The third-order valence-corrected chi connectivity index (χ3v) is 1.60. The van der Waals surface area contributed by atoms with Gasteiger partial charge in [0.05, 0.1) is 0 Å². The first-order valence-electron chi connectivity index (χ1n) is 3.80. The topological polar surface area (TPSA) is 91.5 Å². The predicted molar refractivity (Wildman–Crippen MR) is 47.8 cm³/mol. The molecule has 0 spiro atoms. The Hall–Kier alpha value is -2.31. The van der Waals surface area contributed by atoms with E-state index >= 15 is 0 Å². The fraction of sp³-hybridized carbons (Fsp3) is 0. The predicted octanol–water partition coefficient (Wildman–Crippen LogP) is 0.324. The summed E-state index contributed by atoms with van der Waals surface area (Å²) in [5.74, 6) is 0.361. The summed E-state index contributed by atoms with van der Waals surface area (Å²) in [5.41, 5.74) is 4.98. The van der Waals surface area contributed by atoms with Gasteiger partial charge in [-0.1, -0.05) is 0 Å². The largest absolute Gasteiger partial charge is 0.464 e. The zero-order valence-electron chi connectivity index (χ0n) is 7.01. The van der Waals surface area contributed by atoms with Crippen LogP contribution in [-0.4, -0.2) is 25.6 Å². The number of fused-ring (bicyclic) bond motifs is 1. The summed E-state index contributed by atoms with van der Waals surface area (Å²) < 4.78 is 1.72. The van der Waals surface area contributed by atoms with Crippen molar-refractivity contribution in [2.24, 2.45) is 0 Å². The minimum Gasteiger partial charge on any atom is -0.464 e. The molecule has 0 bridgehead atoms. The van der Waals surface area contributed by atoms with Crippen molar-refractivity contribution in [3.05, 3.63) is 24.8 Å². The lowest BCUT2D eigenvalue weighted by Crippen LogP contribution is -2.28. The average Bonchev–Trinajstić information content (AvgIpc) is 2.62. The van der Waals surface area contributed by atoms with Gasteiger partial charge in [-0.3, -0.25) is 5.43 Å². The minimum absolute atomic E-state index is 0.361. The fourth-order valence-corrected chi connectivity index (χ4v) is 1.06. The first-order valence-corrected chi connectivity index (χ1v) is 3.80. The van der Waals surface area contributed by atoms with Gasteiger partial charge in [-0.15, -0.1) is 0 Å². The molecule has 0 radical (unpaired) electrons. The second-order valence-electron chi connectivity index (χ2n) is 2.49. The molecule has 7 heteroatoms. The van der Waals surface area contributed by atoms with Crippen molar-refractivity contribution >= 4 is 17.6 Å². The molecule has 2 heterocycles. The van der Waals surface area contributed by atoms with Gasteiger partial charge in [0.25, 0.3) is 0 Å². The van der Waals surface area contributed by atoms with E-state index < -0.39 is 6.09 Å². The van der Waals surface area contributed by atoms with Crippen LogP contribution in [0.25, 0.3) is 5.65 Å². The standard InChI is InChI=1S/C7H7N5O2/c13-7(14)11-10-5-6-9-2-4-12(6)3-1-8-5/h1-4,11H,(H,8,10)(H,13,14). The number of hydrogen-bond acceptors (Lipinski definition) is 4. The number of nitrogens with one attached hydrogen (secondary N) is 2. The Bertz CT molecular complexity index is 466. The number of rotatable bonds is 2. The average molecular weight is 193 g/mol. The molecular weight excluding hydrogens is 186 g/mol. The van der Waals surface area contributed by atoms with Gasteiger partial charge >= 0.3 is 6.09 Å². The Labute approximate surface area is 78.4 Å². The molecule has 0 fully saturated rings. The number of imidazole rings is 1. The molecular formula is C7H7N5O2. The highest BCUT2D eigenvalue weighted by molar-refractivity contribution is 5.69. The van der Waals surface area contributed by atoms with Crippen molar-refractivity contribution in [3.8, 4) is 0 Å². The molecule has 2 aromatic heterocycles. The van der Waals surface area contributed by atoms with E-state index in [4.69, 9.17) is 5.11 Å². The Morgan fingerprint density at radius 3 is 2.79 bits per heavy atom. The van der Waals surface area contributed by atoms with Crippen LogP contribution in [0.4, 0.5) is 10.6 Å². The lowest BCUT2D eigenvalue weighted by Gasteiger charge is -2.04. The van der Waals surface area contributed by atoms with Crippen LogP contribution in [0, 0.1) is 0 Å². The summed E-state index contributed by atoms with van der Waals surface area (Å²) in [6, 6.07) is 0. The molecule has 3 N–H and O–H groups in total. The summed E-state index contributed by atoms with van der Waals surface area (Å²) in [6.45, 7) is 0. The molecule has 14 heavy (non-hydrogen) atoms. The van der Waals surface area contributed by atoms with Crippen LogP contribution in [0.1, 0.15) is 0 Å². The van der Waals surface area contributed by atoms with Crippen LogP contribution >= 0.6 is 0 Å². The lowest BCUT2D eigenvalue weighted by molar-refractivity contribution is 0.197. The molecule has 1 amide bonds. The zero-order chi connectivity index (χ0) is 9.97. The van der Waals surface area contributed by atoms with Gasteiger partial charge in [-0.05, 0) is 0 Å². The number of hydrazine groups is 1. The van der Waals surface area contributed by atoms with Crippen LogP contribution in [0.15, 0.2) is 24.8 Å². The second kappa shape index (κ2) is 3.21. The van der Waals surface area contributed by atoms with E-state index in [-0.39, 0.29) is 0 Å². The summed E-state index contributed by atoms with van der Waals surface area (Å²) in [7, 11) is 0. The second-order valence-corrected chi connectivity index (χ2v) is 2.49. The number of carboxylic acid groups (broad SMARTS) is 1. The van der Waals surface area contributed by atoms with E-state index in [1.165, 1.54) is 0 Å². The van der Waals surface area contributed by atoms with Gasteiger partial charge < -0.3 is 9.51 Å². The highest BCUT2D eigenvalue weighted by atomic mass is 16.4. The van der Waals surface area contributed by atoms with Crippen molar-refractivity contribution in [2.45, 2.75) is 0 Å². The normalized spacial score (nSPS) is 10.0. The number of aromatic nitrogens is 3. The highest BCUT2D eigenvalue weighted by Crippen LogP contribution is 2.08. The third-order valence-electron chi connectivity index (χ3n) is 1.60. The Kier molecular flexibility index (Phi) is 1.90. The van der Waals surface area contributed by atoms with E-state index in [1.54, 1.807) is 29.2 Å². The first-order chi connectivity index (χ1) is 6.77. The summed E-state index contributed by atoms with van der Waals surface area (Å²) in [6.07, 6.45) is 5.42. The molecule has 0 aliphatic heterocycles. The zero-order valence-corrected chi connectivity index (χ0v) is 7.01. The smallest absolute Gasteiger partial charge is 0.423 e. The molecule has 0 saturated heterocycles. The molecule has 7 nitrogen and oxygen atoms in total. The van der Waals surface area contributed by atoms with Crippen molar-refractivity contribution in [1.82, 2.24) is 19.8 Å². The van der Waals surface area contributed by atoms with Crippen molar-refractivity contribution in [1.29, 1.82) is 0 Å². The highest BCUT2D eigenvalue weighted by Gasteiger charge is 2.03. The minimum atomic E-state index is -1.18. The molecule has 0 aliphatic rings. The van der Waals surface area contributed by atoms with Crippen molar-refractivity contribution < 1.29 is 9.90 Å². The molecule has 2 rings (SSSR count). The number of hydrogen-bond donors (Lipinski definition) is 3. The van der Waals surface area contributed by atoms with E-state index in [2.05, 4.69) is 15.4 Å². The Morgan fingerprint density at radius 1 is 1.36 bits per heavy atom. The van der Waals surface area contributed by atoms with Gasteiger partial charge in [-0.25, -0.2) is 20.2 Å². The molecule has 0 aromatic carbocycles. The third kappa shape index (κ3) is 1.42. The van der Waals surface area contributed by atoms with E-state index in [0.717, 1.165) is 0 Å². The van der Waals surface area contributed by atoms with Gasteiger partial charge in [0, 0.05) is 24.8 Å². The molecule has 0 atom stereocenters. The van der Waals surface area contributed by atoms with E-state index in [0.29, 0.717) is 11.5 Å². The Balaban J connectivity index is 2.32. The number of carbonyl (C=O) groups is 1. The fourth-order valence-electron chi connectivity index (χ4n) is 1.06. The maximum atomic E-state index is 10.2. The SMILES string of the molecule is O=C(O)NNc1nccn2ccnc12. The van der Waals surface area contributed by atoms with E-state index in [9.17, 15) is 4.79 Å². The summed E-state index contributed by atoms with van der Waals surface area (Å²) in [5, 5.41) is 8.37.